The first-order valence-electron chi connectivity index (χ1n) is 6.00. The Hall–Kier alpha value is -2.16. The summed E-state index contributed by atoms with van der Waals surface area (Å²) in [5.74, 6) is 0.700. The molecule has 18 heavy (non-hydrogen) atoms. The highest BCUT2D eigenvalue weighted by Gasteiger charge is 2.21. The third-order valence-electron chi connectivity index (χ3n) is 3.29. The maximum atomic E-state index is 9.52. The zero-order valence-electron chi connectivity index (χ0n) is 9.84. The summed E-state index contributed by atoms with van der Waals surface area (Å²) >= 11 is 0. The molecule has 0 amide bonds. The first kappa shape index (κ1) is 11.0. The molecule has 1 heterocycles. The lowest BCUT2D eigenvalue weighted by atomic mass is 9.97. The fourth-order valence-electron chi connectivity index (χ4n) is 2.30. The Morgan fingerprint density at radius 3 is 2.67 bits per heavy atom. The maximum absolute atomic E-state index is 9.52. The van der Waals surface area contributed by atoms with Crippen molar-refractivity contribution < 1.29 is 14.9 Å². The smallest absolute Gasteiger partial charge is 0.157 e. The van der Waals surface area contributed by atoms with Gasteiger partial charge in [0.15, 0.2) is 11.5 Å². The van der Waals surface area contributed by atoms with E-state index >= 15 is 0 Å². The second kappa shape index (κ2) is 4.26. The van der Waals surface area contributed by atoms with Crippen LogP contribution in [0.2, 0.25) is 0 Å². The highest BCUT2D eigenvalue weighted by molar-refractivity contribution is 5.43. The van der Waals surface area contributed by atoms with Gasteiger partial charge in [0, 0.05) is 0 Å². The molecule has 0 saturated heterocycles. The summed E-state index contributed by atoms with van der Waals surface area (Å²) in [6, 6.07) is 12.8. The number of fused-ring (bicyclic) bond motifs is 1. The molecule has 3 heteroatoms. The van der Waals surface area contributed by atoms with Crippen molar-refractivity contribution in [2.75, 3.05) is 0 Å². The highest BCUT2D eigenvalue weighted by atomic mass is 16.5. The van der Waals surface area contributed by atoms with Gasteiger partial charge in [0.05, 0.1) is 0 Å². The number of hydrogen-bond acceptors (Lipinski definition) is 3. The van der Waals surface area contributed by atoms with Crippen molar-refractivity contribution in [1.29, 1.82) is 0 Å². The van der Waals surface area contributed by atoms with Crippen molar-refractivity contribution in [2.24, 2.45) is 0 Å². The van der Waals surface area contributed by atoms with Crippen LogP contribution in [0, 0.1) is 0 Å². The number of rotatable bonds is 1. The molecule has 0 aromatic heterocycles. The molecule has 0 spiro atoms. The number of benzene rings is 2. The fraction of sp³-hybridized carbons (Fsp3) is 0.200. The topological polar surface area (TPSA) is 49.7 Å². The third kappa shape index (κ3) is 1.88. The van der Waals surface area contributed by atoms with E-state index in [1.165, 1.54) is 11.6 Å². The van der Waals surface area contributed by atoms with Gasteiger partial charge in [-0.1, -0.05) is 24.3 Å². The Morgan fingerprint density at radius 2 is 1.83 bits per heavy atom. The summed E-state index contributed by atoms with van der Waals surface area (Å²) in [5.41, 5.74) is 2.11. The van der Waals surface area contributed by atoms with Crippen LogP contribution < -0.4 is 4.74 Å². The van der Waals surface area contributed by atoms with Crippen molar-refractivity contribution in [3.63, 3.8) is 0 Å². The van der Waals surface area contributed by atoms with E-state index in [-0.39, 0.29) is 17.6 Å². The summed E-state index contributed by atoms with van der Waals surface area (Å²) in [7, 11) is 0. The van der Waals surface area contributed by atoms with Crippen LogP contribution in [0.1, 0.15) is 23.7 Å². The molecule has 92 valence electrons. The molecule has 3 nitrogen and oxygen atoms in total. The van der Waals surface area contributed by atoms with E-state index in [0.717, 1.165) is 24.2 Å². The number of aryl methyl sites for hydroxylation is 1. The van der Waals surface area contributed by atoms with Gasteiger partial charge in [-0.05, 0) is 42.2 Å². The van der Waals surface area contributed by atoms with Gasteiger partial charge in [-0.15, -0.1) is 0 Å². The Labute approximate surface area is 105 Å². The van der Waals surface area contributed by atoms with Crippen molar-refractivity contribution in [3.05, 3.63) is 53.6 Å². The molecule has 0 aliphatic carbocycles. The van der Waals surface area contributed by atoms with E-state index in [9.17, 15) is 10.2 Å². The zero-order valence-corrected chi connectivity index (χ0v) is 9.84. The molecular weight excluding hydrogens is 228 g/mol. The van der Waals surface area contributed by atoms with E-state index in [2.05, 4.69) is 6.07 Å². The van der Waals surface area contributed by atoms with Crippen molar-refractivity contribution in [2.45, 2.75) is 18.9 Å². The predicted octanol–water partition coefficient (Wildman–Crippen LogP) is 3.16. The van der Waals surface area contributed by atoms with Crippen LogP contribution in [-0.2, 0) is 6.42 Å². The molecule has 0 unspecified atom stereocenters. The molecule has 0 fully saturated rings. The molecule has 3 rings (SSSR count). The average molecular weight is 242 g/mol. The monoisotopic (exact) mass is 242 g/mol. The first-order chi connectivity index (χ1) is 8.74. The van der Waals surface area contributed by atoms with Crippen molar-refractivity contribution in [1.82, 2.24) is 0 Å². The van der Waals surface area contributed by atoms with E-state index in [1.54, 1.807) is 12.1 Å². The van der Waals surface area contributed by atoms with E-state index < -0.39 is 0 Å². The summed E-state index contributed by atoms with van der Waals surface area (Å²) in [6.07, 6.45) is 1.77. The lowest BCUT2D eigenvalue weighted by molar-refractivity contribution is 0.176. The van der Waals surface area contributed by atoms with Gasteiger partial charge in [-0.3, -0.25) is 0 Å². The molecule has 2 aromatic carbocycles. The van der Waals surface area contributed by atoms with Crippen LogP contribution in [-0.4, -0.2) is 10.2 Å². The van der Waals surface area contributed by atoms with Crippen LogP contribution in [0.4, 0.5) is 0 Å². The number of para-hydroxylation sites is 1. The van der Waals surface area contributed by atoms with Crippen molar-refractivity contribution >= 4 is 0 Å². The summed E-state index contributed by atoms with van der Waals surface area (Å²) in [4.78, 5) is 0. The normalized spacial score (nSPS) is 17.9. The minimum Gasteiger partial charge on any atom is -0.504 e. The zero-order chi connectivity index (χ0) is 12.5. The maximum Gasteiger partial charge on any atom is 0.157 e. The van der Waals surface area contributed by atoms with Gasteiger partial charge in [0.25, 0.3) is 0 Å². The molecule has 0 bridgehead atoms. The lowest BCUT2D eigenvalue weighted by Gasteiger charge is -2.26. The van der Waals surface area contributed by atoms with Gasteiger partial charge in [0.2, 0.25) is 0 Å². The standard InChI is InChI=1S/C15H14O3/c16-12-7-5-11(9-13(12)17)15-8-6-10-3-1-2-4-14(10)18-15/h1-5,7,9,15-17H,6,8H2/t15-/m1/s1. The van der Waals surface area contributed by atoms with Crippen LogP contribution in [0.25, 0.3) is 0 Å². The van der Waals surface area contributed by atoms with Gasteiger partial charge < -0.3 is 14.9 Å². The Bertz CT molecular complexity index is 578. The molecule has 2 aromatic rings. The van der Waals surface area contributed by atoms with Crippen molar-refractivity contribution in [3.8, 4) is 17.2 Å². The van der Waals surface area contributed by atoms with E-state index in [1.807, 2.05) is 18.2 Å². The number of phenols is 2. The highest BCUT2D eigenvalue weighted by Crippen LogP contribution is 2.37. The van der Waals surface area contributed by atoms with Gasteiger partial charge in [0.1, 0.15) is 11.9 Å². The predicted molar refractivity (Wildman–Crippen MR) is 67.9 cm³/mol. The Kier molecular flexibility index (Phi) is 2.59. The third-order valence-corrected chi connectivity index (χ3v) is 3.29. The summed E-state index contributed by atoms with van der Waals surface area (Å²) < 4.78 is 5.92. The largest absolute Gasteiger partial charge is 0.504 e. The quantitative estimate of drug-likeness (QED) is 0.755. The lowest BCUT2D eigenvalue weighted by Crippen LogP contribution is -2.14. The van der Waals surface area contributed by atoms with Crippen LogP contribution in [0.3, 0.4) is 0 Å². The minimum atomic E-state index is -0.102. The Morgan fingerprint density at radius 1 is 1.00 bits per heavy atom. The number of hydrogen-bond donors (Lipinski definition) is 2. The minimum absolute atomic E-state index is 0.0635. The number of ether oxygens (including phenoxy) is 1. The second-order valence-corrected chi connectivity index (χ2v) is 4.50. The number of aromatic hydroxyl groups is 2. The Balaban J connectivity index is 1.89. The van der Waals surface area contributed by atoms with Crippen LogP contribution in [0.5, 0.6) is 17.2 Å². The second-order valence-electron chi connectivity index (χ2n) is 4.50. The number of phenolic OH excluding ortho intramolecular Hbond substituents is 2. The molecule has 1 aliphatic rings. The SMILES string of the molecule is Oc1ccc([C@H]2CCc3ccccc3O2)cc1O. The molecule has 1 atom stereocenters. The first-order valence-corrected chi connectivity index (χ1v) is 6.00. The molecule has 0 radical (unpaired) electrons. The van der Waals surface area contributed by atoms with Crippen LogP contribution >= 0.6 is 0 Å². The van der Waals surface area contributed by atoms with Gasteiger partial charge in [-0.25, -0.2) is 0 Å². The van der Waals surface area contributed by atoms with E-state index in [0.29, 0.717) is 0 Å². The van der Waals surface area contributed by atoms with E-state index in [4.69, 9.17) is 4.74 Å². The summed E-state index contributed by atoms with van der Waals surface area (Å²) in [5, 5.41) is 18.8. The summed E-state index contributed by atoms with van der Waals surface area (Å²) in [6.45, 7) is 0. The molecule has 0 saturated carbocycles. The van der Waals surface area contributed by atoms with Gasteiger partial charge in [-0.2, -0.15) is 0 Å². The van der Waals surface area contributed by atoms with Gasteiger partial charge >= 0.3 is 0 Å². The molecule has 1 aliphatic heterocycles. The molecule has 2 N–H and O–H groups in total. The molecular formula is C15H14O3. The van der Waals surface area contributed by atoms with Crippen LogP contribution in [0.15, 0.2) is 42.5 Å². The average Bonchev–Trinajstić information content (AvgIpc) is 2.41. The fourth-order valence-corrected chi connectivity index (χ4v) is 2.30.